The van der Waals surface area contributed by atoms with E-state index in [9.17, 15) is 4.79 Å². The molecular formula is C21H24N6O. The molecule has 28 heavy (non-hydrogen) atoms. The zero-order chi connectivity index (χ0) is 19.3. The Labute approximate surface area is 164 Å². The summed E-state index contributed by atoms with van der Waals surface area (Å²) in [6.45, 7) is 4.93. The third kappa shape index (κ3) is 4.03. The fraction of sp³-hybridized carbons (Fsp3) is 0.333. The third-order valence-corrected chi connectivity index (χ3v) is 5.14. The van der Waals surface area contributed by atoms with Crippen LogP contribution < -0.4 is 4.90 Å². The number of hydrogen-bond donors (Lipinski definition) is 0. The fourth-order valence-electron chi connectivity index (χ4n) is 3.50. The standard InChI is InChI=1S/C21H24N6O/c1-17-22-9-10-27(17)20-15-19(23-16-24-20)25-11-13-26(14-12-25)21(28)8-7-18-5-3-2-4-6-18/h2-6,9-10,15-16H,7-8,11-14H2,1H3. The smallest absolute Gasteiger partial charge is 0.223 e. The van der Waals surface area contributed by atoms with Crippen molar-refractivity contribution in [2.45, 2.75) is 19.8 Å². The molecule has 1 aromatic carbocycles. The first kappa shape index (κ1) is 18.2. The van der Waals surface area contributed by atoms with E-state index in [4.69, 9.17) is 0 Å². The number of amides is 1. The Morgan fingerprint density at radius 3 is 2.46 bits per heavy atom. The van der Waals surface area contributed by atoms with Gasteiger partial charge in [0.2, 0.25) is 5.91 Å². The highest BCUT2D eigenvalue weighted by Crippen LogP contribution is 2.17. The van der Waals surface area contributed by atoms with Gasteiger partial charge >= 0.3 is 0 Å². The number of carbonyl (C=O) groups is 1. The summed E-state index contributed by atoms with van der Waals surface area (Å²) < 4.78 is 1.94. The molecule has 1 saturated heterocycles. The molecule has 2 aromatic heterocycles. The maximum atomic E-state index is 12.5. The monoisotopic (exact) mass is 376 g/mol. The van der Waals surface area contributed by atoms with Gasteiger partial charge in [0.15, 0.2) is 0 Å². The summed E-state index contributed by atoms with van der Waals surface area (Å²) >= 11 is 0. The number of anilines is 1. The number of aromatic nitrogens is 4. The summed E-state index contributed by atoms with van der Waals surface area (Å²) in [5, 5.41) is 0. The number of imidazole rings is 1. The third-order valence-electron chi connectivity index (χ3n) is 5.14. The molecule has 0 N–H and O–H groups in total. The number of nitrogens with zero attached hydrogens (tertiary/aromatic N) is 6. The van der Waals surface area contributed by atoms with Crippen LogP contribution in [0.15, 0.2) is 55.1 Å². The van der Waals surface area contributed by atoms with E-state index in [0.29, 0.717) is 6.42 Å². The van der Waals surface area contributed by atoms with Gasteiger partial charge in [0.1, 0.15) is 23.8 Å². The van der Waals surface area contributed by atoms with Gasteiger partial charge in [0, 0.05) is 51.1 Å². The molecule has 1 aliphatic rings. The van der Waals surface area contributed by atoms with Gasteiger partial charge in [-0.1, -0.05) is 30.3 Å². The van der Waals surface area contributed by atoms with Gasteiger partial charge in [-0.3, -0.25) is 9.36 Å². The van der Waals surface area contributed by atoms with Gasteiger partial charge in [0.25, 0.3) is 0 Å². The zero-order valence-electron chi connectivity index (χ0n) is 16.0. The number of carbonyl (C=O) groups excluding carboxylic acids is 1. The van der Waals surface area contributed by atoms with Crippen molar-refractivity contribution < 1.29 is 4.79 Å². The van der Waals surface area contributed by atoms with Crippen LogP contribution in [0.3, 0.4) is 0 Å². The predicted molar refractivity (Wildman–Crippen MR) is 107 cm³/mol. The van der Waals surface area contributed by atoms with E-state index in [2.05, 4.69) is 32.0 Å². The minimum absolute atomic E-state index is 0.223. The average Bonchev–Trinajstić information content (AvgIpc) is 3.19. The molecule has 0 atom stereocenters. The second-order valence-electron chi connectivity index (χ2n) is 6.93. The molecule has 1 amide bonds. The summed E-state index contributed by atoms with van der Waals surface area (Å²) in [7, 11) is 0. The SMILES string of the molecule is Cc1nccn1-c1cc(N2CCN(C(=O)CCc3ccccc3)CC2)ncn1. The number of hydrogen-bond acceptors (Lipinski definition) is 5. The second-order valence-corrected chi connectivity index (χ2v) is 6.93. The molecule has 3 aromatic rings. The summed E-state index contributed by atoms with van der Waals surface area (Å²) in [5.41, 5.74) is 1.21. The van der Waals surface area contributed by atoms with Crippen molar-refractivity contribution in [2.24, 2.45) is 0 Å². The van der Waals surface area contributed by atoms with Crippen LogP contribution in [-0.2, 0) is 11.2 Å². The first-order valence-corrected chi connectivity index (χ1v) is 9.60. The molecule has 0 unspecified atom stereocenters. The lowest BCUT2D eigenvalue weighted by Crippen LogP contribution is -2.49. The van der Waals surface area contributed by atoms with Gasteiger partial charge in [-0.15, -0.1) is 0 Å². The van der Waals surface area contributed by atoms with Crippen molar-refractivity contribution in [2.75, 3.05) is 31.1 Å². The topological polar surface area (TPSA) is 67.2 Å². The highest BCUT2D eigenvalue weighted by atomic mass is 16.2. The van der Waals surface area contributed by atoms with Crippen molar-refractivity contribution in [1.29, 1.82) is 0 Å². The molecule has 0 saturated carbocycles. The second kappa shape index (κ2) is 8.21. The molecule has 0 bridgehead atoms. The Morgan fingerprint density at radius 2 is 1.75 bits per heavy atom. The minimum atomic E-state index is 0.223. The number of piperazine rings is 1. The summed E-state index contributed by atoms with van der Waals surface area (Å²) in [6.07, 6.45) is 6.59. The Kier molecular flexibility index (Phi) is 5.32. The molecule has 1 fully saturated rings. The van der Waals surface area contributed by atoms with E-state index < -0.39 is 0 Å². The minimum Gasteiger partial charge on any atom is -0.353 e. The molecule has 0 spiro atoms. The zero-order valence-corrected chi connectivity index (χ0v) is 16.0. The quantitative estimate of drug-likeness (QED) is 0.683. The fourth-order valence-corrected chi connectivity index (χ4v) is 3.50. The lowest BCUT2D eigenvalue weighted by molar-refractivity contribution is -0.131. The summed E-state index contributed by atoms with van der Waals surface area (Å²) in [4.78, 5) is 29.7. The van der Waals surface area contributed by atoms with Crippen LogP contribution >= 0.6 is 0 Å². The number of rotatable bonds is 5. The molecule has 0 radical (unpaired) electrons. The van der Waals surface area contributed by atoms with Crippen LogP contribution in [0.4, 0.5) is 5.82 Å². The molecule has 7 nitrogen and oxygen atoms in total. The average molecular weight is 376 g/mol. The highest BCUT2D eigenvalue weighted by molar-refractivity contribution is 5.76. The first-order valence-electron chi connectivity index (χ1n) is 9.60. The van der Waals surface area contributed by atoms with Crippen molar-refractivity contribution in [1.82, 2.24) is 24.4 Å². The molecule has 0 aliphatic carbocycles. The van der Waals surface area contributed by atoms with Crippen LogP contribution in [0.25, 0.3) is 5.82 Å². The largest absolute Gasteiger partial charge is 0.353 e. The van der Waals surface area contributed by atoms with Crippen molar-refractivity contribution in [3.05, 3.63) is 66.5 Å². The van der Waals surface area contributed by atoms with Crippen LogP contribution in [0.2, 0.25) is 0 Å². The van der Waals surface area contributed by atoms with E-state index in [-0.39, 0.29) is 5.91 Å². The van der Waals surface area contributed by atoms with Crippen LogP contribution in [-0.4, -0.2) is 56.5 Å². The maximum absolute atomic E-state index is 12.5. The van der Waals surface area contributed by atoms with Gasteiger partial charge in [-0.2, -0.15) is 0 Å². The summed E-state index contributed by atoms with van der Waals surface area (Å²) in [6, 6.07) is 12.1. The van der Waals surface area contributed by atoms with E-state index in [1.54, 1.807) is 12.5 Å². The van der Waals surface area contributed by atoms with E-state index in [1.807, 2.05) is 46.9 Å². The van der Waals surface area contributed by atoms with E-state index in [0.717, 1.165) is 50.1 Å². The Morgan fingerprint density at radius 1 is 1.00 bits per heavy atom. The Hall–Kier alpha value is -3.22. The maximum Gasteiger partial charge on any atom is 0.223 e. The molecule has 4 rings (SSSR count). The highest BCUT2D eigenvalue weighted by Gasteiger charge is 2.22. The Balaban J connectivity index is 1.34. The number of benzene rings is 1. The van der Waals surface area contributed by atoms with Gasteiger partial charge in [0.05, 0.1) is 0 Å². The number of aryl methyl sites for hydroxylation is 2. The summed E-state index contributed by atoms with van der Waals surface area (Å²) in [5.74, 6) is 2.80. The van der Waals surface area contributed by atoms with Gasteiger partial charge < -0.3 is 9.80 Å². The molecular weight excluding hydrogens is 352 g/mol. The van der Waals surface area contributed by atoms with Crippen LogP contribution in [0, 0.1) is 6.92 Å². The van der Waals surface area contributed by atoms with E-state index in [1.165, 1.54) is 5.56 Å². The molecule has 3 heterocycles. The van der Waals surface area contributed by atoms with Crippen molar-refractivity contribution in [3.63, 3.8) is 0 Å². The normalized spacial score (nSPS) is 14.3. The van der Waals surface area contributed by atoms with Gasteiger partial charge in [-0.25, -0.2) is 15.0 Å². The molecule has 7 heteroatoms. The predicted octanol–water partition coefficient (Wildman–Crippen LogP) is 2.25. The van der Waals surface area contributed by atoms with Gasteiger partial charge in [-0.05, 0) is 18.9 Å². The Bertz CT molecular complexity index is 931. The molecule has 144 valence electrons. The molecule has 1 aliphatic heterocycles. The lowest BCUT2D eigenvalue weighted by Gasteiger charge is -2.35. The van der Waals surface area contributed by atoms with E-state index >= 15 is 0 Å². The first-order chi connectivity index (χ1) is 13.7. The van der Waals surface area contributed by atoms with Crippen molar-refractivity contribution in [3.8, 4) is 5.82 Å². The van der Waals surface area contributed by atoms with Crippen LogP contribution in [0.5, 0.6) is 0 Å². The lowest BCUT2D eigenvalue weighted by atomic mass is 10.1. The van der Waals surface area contributed by atoms with Crippen molar-refractivity contribution >= 4 is 11.7 Å². The van der Waals surface area contributed by atoms with Crippen LogP contribution in [0.1, 0.15) is 17.8 Å².